The van der Waals surface area contributed by atoms with Crippen LogP contribution >= 0.6 is 0 Å². The molecule has 1 heteroatoms. The molecule has 26 heavy (non-hydrogen) atoms. The summed E-state index contributed by atoms with van der Waals surface area (Å²) < 4.78 is 0. The molecule has 0 saturated heterocycles. The molecule has 2 aromatic carbocycles. The van der Waals surface area contributed by atoms with Crippen LogP contribution in [0.5, 0.6) is 0 Å². The molecule has 0 atom stereocenters. The smallest absolute Gasteiger partial charge is 0.150 e. The Morgan fingerprint density at radius 3 is 1.69 bits per heavy atom. The predicted molar refractivity (Wildman–Crippen MR) is 115 cm³/mol. The molecule has 2 rings (SSSR count). The van der Waals surface area contributed by atoms with E-state index in [2.05, 4.69) is 92.6 Å². The summed E-state index contributed by atoms with van der Waals surface area (Å²) in [7, 11) is 0. The van der Waals surface area contributed by atoms with Crippen LogP contribution in [0.15, 0.2) is 42.5 Å². The third kappa shape index (κ3) is 6.78. The van der Waals surface area contributed by atoms with Gasteiger partial charge in [0.25, 0.3) is 0 Å². The van der Waals surface area contributed by atoms with E-state index in [1.165, 1.54) is 16.7 Å². The zero-order chi connectivity index (χ0) is 20.1. The highest BCUT2D eigenvalue weighted by Crippen LogP contribution is 2.31. The molecule has 0 aliphatic rings. The maximum atomic E-state index is 11.3. The Morgan fingerprint density at radius 1 is 0.731 bits per heavy atom. The SMILES string of the molecule is CC(C)(C)c1cccc(-c2cc(C=O)cc(C(C)(C)C)c2)c1.CC(C)C. The van der Waals surface area contributed by atoms with Crippen molar-refractivity contribution >= 4 is 6.29 Å². The van der Waals surface area contributed by atoms with Crippen LogP contribution in [0.4, 0.5) is 0 Å². The van der Waals surface area contributed by atoms with Gasteiger partial charge in [-0.3, -0.25) is 4.79 Å². The quantitative estimate of drug-likeness (QED) is 0.514. The lowest BCUT2D eigenvalue weighted by molar-refractivity contribution is 0.112. The van der Waals surface area contributed by atoms with E-state index in [4.69, 9.17) is 0 Å². The van der Waals surface area contributed by atoms with Crippen molar-refractivity contribution in [2.75, 3.05) is 0 Å². The Morgan fingerprint density at radius 2 is 1.23 bits per heavy atom. The summed E-state index contributed by atoms with van der Waals surface area (Å²) in [6.45, 7) is 19.7. The van der Waals surface area contributed by atoms with Crippen LogP contribution in [0.3, 0.4) is 0 Å². The molecule has 1 nitrogen and oxygen atoms in total. The minimum Gasteiger partial charge on any atom is -0.298 e. The van der Waals surface area contributed by atoms with Crippen molar-refractivity contribution in [2.45, 2.75) is 73.1 Å². The molecule has 0 fully saturated rings. The lowest BCUT2D eigenvalue weighted by atomic mass is 9.82. The maximum Gasteiger partial charge on any atom is 0.150 e. The third-order valence-electron chi connectivity index (χ3n) is 4.02. The van der Waals surface area contributed by atoms with Crippen LogP contribution in [0, 0.1) is 5.92 Å². The zero-order valence-corrected chi connectivity index (χ0v) is 18.1. The average Bonchev–Trinajstić information content (AvgIpc) is 2.52. The molecule has 0 heterocycles. The van der Waals surface area contributed by atoms with Gasteiger partial charge in [-0.05, 0) is 51.1 Å². The lowest BCUT2D eigenvalue weighted by Crippen LogP contribution is -2.12. The Labute approximate surface area is 160 Å². The van der Waals surface area contributed by atoms with E-state index >= 15 is 0 Å². The van der Waals surface area contributed by atoms with Crippen molar-refractivity contribution in [1.82, 2.24) is 0 Å². The molecule has 142 valence electrons. The molecule has 0 bridgehead atoms. The van der Waals surface area contributed by atoms with Gasteiger partial charge in [-0.2, -0.15) is 0 Å². The van der Waals surface area contributed by atoms with E-state index in [0.29, 0.717) is 0 Å². The monoisotopic (exact) mass is 352 g/mol. The zero-order valence-electron chi connectivity index (χ0n) is 18.1. The molecule has 2 aromatic rings. The van der Waals surface area contributed by atoms with Gasteiger partial charge >= 0.3 is 0 Å². The average molecular weight is 353 g/mol. The molecule has 0 spiro atoms. The molecule has 0 saturated carbocycles. The standard InChI is InChI=1S/C21H26O.C4H10/c1-20(2,3)18-9-7-8-16(12-18)17-10-15(14-22)11-19(13-17)21(4,5)6;1-4(2)3/h7-14H,1-6H3;4H,1-3H3. The van der Waals surface area contributed by atoms with Crippen LogP contribution in [0.2, 0.25) is 0 Å². The molecule has 0 radical (unpaired) electrons. The number of benzene rings is 2. The lowest BCUT2D eigenvalue weighted by Gasteiger charge is -2.22. The molecule has 0 amide bonds. The minimum absolute atomic E-state index is 0.0232. The summed E-state index contributed by atoms with van der Waals surface area (Å²) in [4.78, 5) is 11.3. The maximum absolute atomic E-state index is 11.3. The number of carbonyl (C=O) groups is 1. The molecule has 0 aliphatic heterocycles. The summed E-state index contributed by atoms with van der Waals surface area (Å²) >= 11 is 0. The van der Waals surface area contributed by atoms with Gasteiger partial charge in [0.05, 0.1) is 0 Å². The second-order valence-corrected chi connectivity index (χ2v) is 9.77. The first-order valence-electron chi connectivity index (χ1n) is 9.56. The van der Waals surface area contributed by atoms with E-state index in [-0.39, 0.29) is 10.8 Å². The molecular weight excluding hydrogens is 316 g/mol. The van der Waals surface area contributed by atoms with Gasteiger partial charge in [0.2, 0.25) is 0 Å². The minimum atomic E-state index is 0.0232. The third-order valence-corrected chi connectivity index (χ3v) is 4.02. The Hall–Kier alpha value is -1.89. The highest BCUT2D eigenvalue weighted by molar-refractivity contribution is 5.80. The van der Waals surface area contributed by atoms with Gasteiger partial charge in [0.15, 0.2) is 0 Å². The summed E-state index contributed by atoms with van der Waals surface area (Å²) in [6.07, 6.45) is 0.937. The number of rotatable bonds is 2. The van der Waals surface area contributed by atoms with Gasteiger partial charge in [-0.1, -0.05) is 92.6 Å². The van der Waals surface area contributed by atoms with Crippen LogP contribution < -0.4 is 0 Å². The molecule has 0 aromatic heterocycles. The van der Waals surface area contributed by atoms with Crippen LogP contribution in [-0.4, -0.2) is 6.29 Å². The van der Waals surface area contributed by atoms with E-state index in [1.54, 1.807) is 0 Å². The summed E-state index contributed by atoms with van der Waals surface area (Å²) in [5, 5.41) is 0. The highest BCUT2D eigenvalue weighted by Gasteiger charge is 2.17. The predicted octanol–water partition coefficient (Wildman–Crippen LogP) is 7.42. The van der Waals surface area contributed by atoms with Gasteiger partial charge < -0.3 is 0 Å². The Kier molecular flexibility index (Phi) is 7.38. The first-order valence-corrected chi connectivity index (χ1v) is 9.56. The van der Waals surface area contributed by atoms with Gasteiger partial charge in [0, 0.05) is 5.56 Å². The number of carbonyl (C=O) groups excluding carboxylic acids is 1. The molecule has 0 N–H and O–H groups in total. The number of hydrogen-bond donors (Lipinski definition) is 0. The van der Waals surface area contributed by atoms with Crippen LogP contribution in [-0.2, 0) is 10.8 Å². The molecular formula is C25H36O. The number of aldehydes is 1. The summed E-state index contributed by atoms with van der Waals surface area (Å²) in [5.74, 6) is 0.833. The van der Waals surface area contributed by atoms with Crippen molar-refractivity contribution in [3.8, 4) is 11.1 Å². The highest BCUT2D eigenvalue weighted by atomic mass is 16.1. The Balaban J connectivity index is 0.000000765. The summed E-state index contributed by atoms with van der Waals surface area (Å²) in [5.41, 5.74) is 5.65. The number of hydrogen-bond acceptors (Lipinski definition) is 1. The van der Waals surface area contributed by atoms with E-state index in [9.17, 15) is 4.79 Å². The summed E-state index contributed by atoms with van der Waals surface area (Å²) in [6, 6.07) is 14.8. The van der Waals surface area contributed by atoms with Crippen molar-refractivity contribution in [1.29, 1.82) is 0 Å². The fourth-order valence-electron chi connectivity index (χ4n) is 2.48. The second kappa shape index (κ2) is 8.66. The van der Waals surface area contributed by atoms with Crippen molar-refractivity contribution in [2.24, 2.45) is 5.92 Å². The fourth-order valence-corrected chi connectivity index (χ4v) is 2.48. The van der Waals surface area contributed by atoms with Gasteiger partial charge in [-0.25, -0.2) is 0 Å². The molecule has 0 unspecified atom stereocenters. The molecule has 0 aliphatic carbocycles. The van der Waals surface area contributed by atoms with Gasteiger partial charge in [0.1, 0.15) is 6.29 Å². The van der Waals surface area contributed by atoms with Crippen molar-refractivity contribution in [3.05, 3.63) is 59.2 Å². The van der Waals surface area contributed by atoms with Crippen molar-refractivity contribution in [3.63, 3.8) is 0 Å². The van der Waals surface area contributed by atoms with E-state index in [1.807, 2.05) is 12.1 Å². The Bertz CT molecular complexity index is 722. The topological polar surface area (TPSA) is 17.1 Å². The van der Waals surface area contributed by atoms with E-state index in [0.717, 1.165) is 23.3 Å². The van der Waals surface area contributed by atoms with E-state index < -0.39 is 0 Å². The first-order chi connectivity index (χ1) is 11.8. The van der Waals surface area contributed by atoms with Crippen molar-refractivity contribution < 1.29 is 4.79 Å². The van der Waals surface area contributed by atoms with Gasteiger partial charge in [-0.15, -0.1) is 0 Å². The second-order valence-electron chi connectivity index (χ2n) is 9.77. The van der Waals surface area contributed by atoms with Crippen LogP contribution in [0.25, 0.3) is 11.1 Å². The fraction of sp³-hybridized carbons (Fsp3) is 0.480. The largest absolute Gasteiger partial charge is 0.298 e. The normalized spacial score (nSPS) is 11.8. The first kappa shape index (κ1) is 22.2. The van der Waals surface area contributed by atoms with Crippen LogP contribution in [0.1, 0.15) is 83.8 Å².